The van der Waals surface area contributed by atoms with Crippen molar-refractivity contribution in [2.75, 3.05) is 13.1 Å². The Labute approximate surface area is 223 Å². The number of carbonyl (C=O) groups excluding carboxylic acids is 3. The lowest BCUT2D eigenvalue weighted by Crippen LogP contribution is -2.56. The fourth-order valence-electron chi connectivity index (χ4n) is 6.61. The highest BCUT2D eigenvalue weighted by molar-refractivity contribution is 5.96. The third kappa shape index (κ3) is 5.60. The highest BCUT2D eigenvalue weighted by atomic mass is 16.6. The molecule has 0 radical (unpaired) electrons. The van der Waals surface area contributed by atoms with Crippen LogP contribution in [0.2, 0.25) is 0 Å². The van der Waals surface area contributed by atoms with E-state index in [2.05, 4.69) is 35.8 Å². The minimum absolute atomic E-state index is 0.0131. The molecule has 4 aliphatic carbocycles. The lowest BCUT2D eigenvalue weighted by Gasteiger charge is -2.32. The predicted octanol–water partition coefficient (Wildman–Crippen LogP) is 1.72. The van der Waals surface area contributed by atoms with Crippen molar-refractivity contribution >= 4 is 17.8 Å². The minimum atomic E-state index is -1.33. The molecule has 2 heterocycles. The first kappa shape index (κ1) is 25.8. The van der Waals surface area contributed by atoms with Gasteiger partial charge in [-0.25, -0.2) is 4.79 Å². The number of nitrogens with one attached hydrogen (secondary N) is 2. The van der Waals surface area contributed by atoms with E-state index in [-0.39, 0.29) is 25.4 Å². The van der Waals surface area contributed by atoms with Gasteiger partial charge in [0, 0.05) is 25.6 Å². The largest absolute Gasteiger partial charge is 0.387 e. The van der Waals surface area contributed by atoms with Crippen molar-refractivity contribution in [3.63, 3.8) is 0 Å². The topological polar surface area (TPSA) is 128 Å². The number of hydrogen-bond donors (Lipinski definition) is 4. The molecule has 6 rings (SSSR count). The number of ether oxygens (including phenoxy) is 1. The number of aliphatic hydroxyl groups is 2. The van der Waals surface area contributed by atoms with Crippen LogP contribution in [0.5, 0.6) is 0 Å². The van der Waals surface area contributed by atoms with Gasteiger partial charge in [-0.1, -0.05) is 37.3 Å². The van der Waals surface area contributed by atoms with Crippen molar-refractivity contribution in [1.82, 2.24) is 15.5 Å². The van der Waals surface area contributed by atoms with Crippen LogP contribution >= 0.6 is 0 Å². The van der Waals surface area contributed by atoms with Crippen LogP contribution in [0, 0.1) is 47.3 Å². The molecule has 9 nitrogen and oxygen atoms in total. The third-order valence-corrected chi connectivity index (χ3v) is 9.48. The summed E-state index contributed by atoms with van der Waals surface area (Å²) >= 11 is 0. The first-order chi connectivity index (χ1) is 18.3. The lowest BCUT2D eigenvalue weighted by molar-refractivity contribution is -0.125. The van der Waals surface area contributed by atoms with Gasteiger partial charge in [-0.15, -0.1) is 0 Å². The molecular weight excluding hydrogens is 486 g/mol. The molecule has 4 saturated carbocycles. The number of aliphatic hydroxyl groups excluding tert-OH is 2. The molecule has 9 heteroatoms. The second-order valence-electron chi connectivity index (χ2n) is 12.3. The Morgan fingerprint density at radius 1 is 0.974 bits per heavy atom. The van der Waals surface area contributed by atoms with E-state index in [4.69, 9.17) is 4.74 Å². The molecule has 3 unspecified atom stereocenters. The van der Waals surface area contributed by atoms with E-state index < -0.39 is 36.5 Å². The van der Waals surface area contributed by atoms with Crippen LogP contribution in [0.3, 0.4) is 0 Å². The van der Waals surface area contributed by atoms with Crippen LogP contribution in [-0.2, 0) is 14.3 Å². The maximum atomic E-state index is 12.2. The number of carbonyl (C=O) groups is 3. The molecule has 12 atom stereocenters. The molecule has 2 aliphatic heterocycles. The van der Waals surface area contributed by atoms with E-state index in [0.29, 0.717) is 5.92 Å². The molecule has 0 aromatic heterocycles. The van der Waals surface area contributed by atoms with Gasteiger partial charge in [0.25, 0.3) is 0 Å². The summed E-state index contributed by atoms with van der Waals surface area (Å²) in [7, 11) is 0. The highest BCUT2D eigenvalue weighted by Crippen LogP contribution is 2.66. The summed E-state index contributed by atoms with van der Waals surface area (Å²) in [5.74, 6) is 6.07. The van der Waals surface area contributed by atoms with Crippen LogP contribution in [0.4, 0.5) is 4.79 Å². The van der Waals surface area contributed by atoms with Gasteiger partial charge in [-0.05, 0) is 73.0 Å². The van der Waals surface area contributed by atoms with E-state index in [9.17, 15) is 24.6 Å². The lowest BCUT2D eigenvalue weighted by atomic mass is 10.1. The third-order valence-electron chi connectivity index (χ3n) is 9.48. The molecule has 4 N–H and O–H groups in total. The molecule has 0 aromatic rings. The van der Waals surface area contributed by atoms with Gasteiger partial charge >= 0.3 is 6.03 Å². The number of amides is 4. The number of urea groups is 1. The van der Waals surface area contributed by atoms with Crippen molar-refractivity contribution in [2.45, 2.75) is 63.6 Å². The van der Waals surface area contributed by atoms with Gasteiger partial charge in [0.15, 0.2) is 6.23 Å². The van der Waals surface area contributed by atoms with Gasteiger partial charge in [-0.3, -0.25) is 19.8 Å². The van der Waals surface area contributed by atoms with E-state index in [1.165, 1.54) is 36.7 Å². The molecule has 0 bridgehead atoms. The highest BCUT2D eigenvalue weighted by Gasteiger charge is 2.59. The Morgan fingerprint density at radius 3 is 2.34 bits per heavy atom. The van der Waals surface area contributed by atoms with Crippen molar-refractivity contribution in [3.05, 3.63) is 36.5 Å². The Bertz CT molecular complexity index is 1060. The van der Waals surface area contributed by atoms with Gasteiger partial charge < -0.3 is 20.3 Å². The zero-order valence-electron chi connectivity index (χ0n) is 21.8. The monoisotopic (exact) mass is 525 g/mol. The minimum Gasteiger partial charge on any atom is -0.387 e. The molecule has 0 spiro atoms. The second kappa shape index (κ2) is 10.2. The van der Waals surface area contributed by atoms with E-state index in [1.807, 2.05) is 6.08 Å². The zero-order valence-corrected chi connectivity index (χ0v) is 21.8. The van der Waals surface area contributed by atoms with E-state index in [0.717, 1.165) is 41.4 Å². The summed E-state index contributed by atoms with van der Waals surface area (Å²) in [4.78, 5) is 36.8. The molecule has 6 aliphatic rings. The molecule has 2 saturated heterocycles. The quantitative estimate of drug-likeness (QED) is 0.195. The first-order valence-corrected chi connectivity index (χ1v) is 14.2. The Morgan fingerprint density at radius 2 is 1.66 bits per heavy atom. The average Bonchev–Trinajstić information content (AvgIpc) is 3.71. The summed E-state index contributed by atoms with van der Waals surface area (Å²) in [6.45, 7) is 2.41. The summed E-state index contributed by atoms with van der Waals surface area (Å²) in [5, 5.41) is 25.5. The van der Waals surface area contributed by atoms with E-state index >= 15 is 0 Å². The standard InChI is InChI=1S/C29H39N3O6/c1-15-10-16(15)6-7-18-12-20(18)22-13-21(22)19-11-17(19)4-2-3-5-24(33)30-14-23-26(35)27(36)28(38-23)32-9-8-25(34)31-29(32)37/h2-7,15-23,26-28,35-36H,8-14H2,1H3,(H,30,33)(H,31,34,37)/b4-2+,5-3+,7-6+/t15-,16-,17-,18+,19+,20-,21+,22?,23+,26?,27?,28+/m0/s1. The van der Waals surface area contributed by atoms with Gasteiger partial charge in [0.1, 0.15) is 18.3 Å². The number of hydrogen-bond acceptors (Lipinski definition) is 6. The van der Waals surface area contributed by atoms with Gasteiger partial charge in [-0.2, -0.15) is 0 Å². The summed E-state index contributed by atoms with van der Waals surface area (Å²) in [6, 6.07) is -0.667. The average molecular weight is 526 g/mol. The fourth-order valence-corrected chi connectivity index (χ4v) is 6.61. The normalized spacial score (nSPS) is 45.7. The SMILES string of the molecule is C[C@H]1C[C@@H]1/C=C/[C@@H]1C[C@@H]1C1C[C@@H]1[C@@H]1C[C@@H]1/C=C/C=C/C(=O)NC[C@H]1O[C@@H](N2CCC(=O)NC2=O)C(O)C1O. The van der Waals surface area contributed by atoms with Gasteiger partial charge in [0.2, 0.25) is 11.8 Å². The molecule has 6 fully saturated rings. The van der Waals surface area contributed by atoms with Crippen molar-refractivity contribution < 1.29 is 29.3 Å². The van der Waals surface area contributed by atoms with Crippen molar-refractivity contribution in [2.24, 2.45) is 47.3 Å². The van der Waals surface area contributed by atoms with Crippen LogP contribution in [0.15, 0.2) is 36.5 Å². The fraction of sp³-hybridized carbons (Fsp3) is 0.690. The summed E-state index contributed by atoms with van der Waals surface area (Å²) < 4.78 is 5.65. The van der Waals surface area contributed by atoms with Crippen molar-refractivity contribution in [3.8, 4) is 0 Å². The molecule has 4 amide bonds. The maximum absolute atomic E-state index is 12.2. The molecule has 206 valence electrons. The van der Waals surface area contributed by atoms with Crippen molar-refractivity contribution in [1.29, 1.82) is 0 Å². The Kier molecular flexibility index (Phi) is 6.95. The zero-order chi connectivity index (χ0) is 26.6. The Balaban J connectivity index is 0.880. The van der Waals surface area contributed by atoms with Gasteiger partial charge in [0.05, 0.1) is 0 Å². The van der Waals surface area contributed by atoms with Crippen LogP contribution in [0.25, 0.3) is 0 Å². The van der Waals surface area contributed by atoms with Crippen LogP contribution in [0.1, 0.15) is 39.0 Å². The number of nitrogens with zero attached hydrogens (tertiary/aromatic N) is 1. The molecule has 38 heavy (non-hydrogen) atoms. The molecule has 0 aromatic carbocycles. The number of allylic oxidation sites excluding steroid dienone is 5. The molecular formula is C29H39N3O6. The second-order valence-corrected chi connectivity index (χ2v) is 12.3. The summed E-state index contributed by atoms with van der Waals surface area (Å²) in [6.07, 6.45) is 13.3. The first-order valence-electron chi connectivity index (χ1n) is 14.2. The number of imide groups is 1. The predicted molar refractivity (Wildman–Crippen MR) is 138 cm³/mol. The van der Waals surface area contributed by atoms with Crippen LogP contribution < -0.4 is 10.6 Å². The Hall–Kier alpha value is -2.49. The maximum Gasteiger partial charge on any atom is 0.326 e. The van der Waals surface area contributed by atoms with E-state index in [1.54, 1.807) is 6.08 Å². The summed E-state index contributed by atoms with van der Waals surface area (Å²) in [5.41, 5.74) is 0. The smallest absolute Gasteiger partial charge is 0.326 e. The van der Waals surface area contributed by atoms with Crippen LogP contribution in [-0.4, -0.2) is 70.6 Å². The number of rotatable bonds is 10.